The van der Waals surface area contributed by atoms with Crippen molar-refractivity contribution < 1.29 is 9.84 Å². The third kappa shape index (κ3) is 4.31. The number of ether oxygens (including phenoxy) is 1. The van der Waals surface area contributed by atoms with Gasteiger partial charge < -0.3 is 15.2 Å². The van der Waals surface area contributed by atoms with Crippen LogP contribution in [0.4, 0.5) is 0 Å². The van der Waals surface area contributed by atoms with E-state index in [-0.39, 0.29) is 6.10 Å². The summed E-state index contributed by atoms with van der Waals surface area (Å²) in [6.45, 7) is 6.60. The molecule has 0 aliphatic carbocycles. The second kappa shape index (κ2) is 5.86. The minimum absolute atomic E-state index is 0.235. The number of hydrogen-bond donors (Lipinski definition) is 2. The molecule has 0 spiro atoms. The van der Waals surface area contributed by atoms with Crippen molar-refractivity contribution in [3.05, 3.63) is 0 Å². The lowest BCUT2D eigenvalue weighted by Crippen LogP contribution is -2.40. The topological polar surface area (TPSA) is 41.5 Å². The Bertz CT molecular complexity index is 138. The van der Waals surface area contributed by atoms with Crippen molar-refractivity contribution in [2.45, 2.75) is 31.3 Å². The van der Waals surface area contributed by atoms with Gasteiger partial charge in [0.1, 0.15) is 0 Å². The molecule has 3 unspecified atom stereocenters. The van der Waals surface area contributed by atoms with Gasteiger partial charge in [0, 0.05) is 24.1 Å². The quantitative estimate of drug-likeness (QED) is 0.700. The van der Waals surface area contributed by atoms with Crippen molar-refractivity contribution in [2.24, 2.45) is 0 Å². The van der Waals surface area contributed by atoms with Crippen molar-refractivity contribution in [3.63, 3.8) is 0 Å². The number of rotatable bonds is 4. The van der Waals surface area contributed by atoms with Crippen LogP contribution < -0.4 is 5.32 Å². The predicted molar refractivity (Wildman–Crippen MR) is 56.2 cm³/mol. The third-order valence-corrected chi connectivity index (χ3v) is 3.71. The molecule has 4 heteroatoms. The van der Waals surface area contributed by atoms with E-state index in [2.05, 4.69) is 5.32 Å². The van der Waals surface area contributed by atoms with Crippen molar-refractivity contribution in [1.82, 2.24) is 5.32 Å². The molecule has 1 aliphatic rings. The van der Waals surface area contributed by atoms with Gasteiger partial charge >= 0.3 is 0 Å². The van der Waals surface area contributed by atoms with Crippen LogP contribution in [0.5, 0.6) is 0 Å². The molecule has 0 aromatic rings. The zero-order chi connectivity index (χ0) is 9.68. The van der Waals surface area contributed by atoms with E-state index < -0.39 is 0 Å². The van der Waals surface area contributed by atoms with Gasteiger partial charge in [-0.3, -0.25) is 0 Å². The Morgan fingerprint density at radius 1 is 1.62 bits per heavy atom. The lowest BCUT2D eigenvalue weighted by Gasteiger charge is -2.25. The summed E-state index contributed by atoms with van der Waals surface area (Å²) in [5.74, 6) is 0.971. The summed E-state index contributed by atoms with van der Waals surface area (Å²) in [7, 11) is 0. The molecule has 0 radical (unpaired) electrons. The molecule has 0 saturated carbocycles. The minimum Gasteiger partial charge on any atom is -0.392 e. The molecule has 1 saturated heterocycles. The van der Waals surface area contributed by atoms with Gasteiger partial charge in [-0.1, -0.05) is 6.92 Å². The molecule has 0 aromatic carbocycles. The van der Waals surface area contributed by atoms with E-state index in [1.165, 1.54) is 0 Å². The van der Waals surface area contributed by atoms with E-state index >= 15 is 0 Å². The molecule has 1 heterocycles. The number of nitrogens with one attached hydrogen (secondary N) is 1. The highest BCUT2D eigenvalue weighted by Gasteiger charge is 2.16. The highest BCUT2D eigenvalue weighted by molar-refractivity contribution is 7.99. The summed E-state index contributed by atoms with van der Waals surface area (Å²) in [5.41, 5.74) is 0. The molecule has 13 heavy (non-hydrogen) atoms. The molecule has 78 valence electrons. The Kier molecular flexibility index (Phi) is 5.09. The molecule has 1 fully saturated rings. The monoisotopic (exact) mass is 205 g/mol. The van der Waals surface area contributed by atoms with Crippen LogP contribution in [-0.2, 0) is 4.74 Å². The molecule has 0 bridgehead atoms. The number of thioether (sulfide) groups is 1. The fourth-order valence-corrected chi connectivity index (χ4v) is 2.14. The van der Waals surface area contributed by atoms with E-state index in [9.17, 15) is 5.11 Å². The molecule has 0 aromatic heterocycles. The molecule has 0 amide bonds. The largest absolute Gasteiger partial charge is 0.392 e. The molecule has 1 aliphatic heterocycles. The van der Waals surface area contributed by atoms with Gasteiger partial charge in [-0.15, -0.1) is 0 Å². The maximum atomic E-state index is 9.27. The number of aliphatic hydroxyl groups is 1. The van der Waals surface area contributed by atoms with Crippen LogP contribution in [0.25, 0.3) is 0 Å². The Hall–Kier alpha value is 0.230. The maximum absolute atomic E-state index is 9.27. The lowest BCUT2D eigenvalue weighted by atomic mass is 10.3. The van der Waals surface area contributed by atoms with Crippen molar-refractivity contribution in [3.8, 4) is 0 Å². The third-order valence-electron chi connectivity index (χ3n) is 2.23. The number of morpholine rings is 1. The Morgan fingerprint density at radius 3 is 2.92 bits per heavy atom. The molecular weight excluding hydrogens is 186 g/mol. The highest BCUT2D eigenvalue weighted by atomic mass is 32.2. The summed E-state index contributed by atoms with van der Waals surface area (Å²) in [5, 5.41) is 12.9. The van der Waals surface area contributed by atoms with Gasteiger partial charge in [0.15, 0.2) is 0 Å². The van der Waals surface area contributed by atoms with Crippen LogP contribution in [0.1, 0.15) is 13.8 Å². The van der Waals surface area contributed by atoms with Crippen LogP contribution in [0.3, 0.4) is 0 Å². The van der Waals surface area contributed by atoms with E-state index in [0.29, 0.717) is 11.4 Å². The summed E-state index contributed by atoms with van der Waals surface area (Å²) in [6.07, 6.45) is 0.0847. The molecule has 1 rings (SSSR count). The molecule has 2 N–H and O–H groups in total. The number of aliphatic hydroxyl groups excluding tert-OH is 1. The average Bonchev–Trinajstić information content (AvgIpc) is 2.15. The second-order valence-corrected chi connectivity index (χ2v) is 4.89. The molecular formula is C9H19NO2S. The summed E-state index contributed by atoms with van der Waals surface area (Å²) in [6, 6.07) is 0. The minimum atomic E-state index is -0.235. The van der Waals surface area contributed by atoms with Crippen LogP contribution in [0, 0.1) is 0 Å². The van der Waals surface area contributed by atoms with Gasteiger partial charge in [-0.2, -0.15) is 11.8 Å². The Morgan fingerprint density at radius 2 is 2.38 bits per heavy atom. The van der Waals surface area contributed by atoms with Crippen LogP contribution in [0.15, 0.2) is 0 Å². The fraction of sp³-hybridized carbons (Fsp3) is 1.00. The van der Waals surface area contributed by atoms with Crippen molar-refractivity contribution >= 4 is 11.8 Å². The average molecular weight is 205 g/mol. The van der Waals surface area contributed by atoms with E-state index in [1.807, 2.05) is 13.8 Å². The first-order chi connectivity index (χ1) is 6.20. The summed E-state index contributed by atoms with van der Waals surface area (Å²) in [4.78, 5) is 0. The van der Waals surface area contributed by atoms with Crippen molar-refractivity contribution in [1.29, 1.82) is 0 Å². The maximum Gasteiger partial charge on any atom is 0.0790 e. The Labute approximate surface area is 84.2 Å². The van der Waals surface area contributed by atoms with Crippen molar-refractivity contribution in [2.75, 3.05) is 25.4 Å². The molecule has 3 nitrogen and oxygen atoms in total. The van der Waals surface area contributed by atoms with Gasteiger partial charge in [-0.05, 0) is 6.92 Å². The second-order valence-electron chi connectivity index (χ2n) is 3.48. The highest BCUT2D eigenvalue weighted by Crippen LogP contribution is 2.16. The van der Waals surface area contributed by atoms with Gasteiger partial charge in [0.2, 0.25) is 0 Å². The smallest absolute Gasteiger partial charge is 0.0790 e. The predicted octanol–water partition coefficient (Wildman–Crippen LogP) is 0.477. The standard InChI is InChI=1S/C9H19NO2S/c1-7(11)8(2)13-6-9-5-10-3-4-12-9/h7-11H,3-6H2,1-2H3. The van der Waals surface area contributed by atoms with Crippen LogP contribution >= 0.6 is 11.8 Å². The number of hydrogen-bond acceptors (Lipinski definition) is 4. The van der Waals surface area contributed by atoms with Gasteiger partial charge in [0.05, 0.1) is 18.8 Å². The SMILES string of the molecule is CC(O)C(C)SCC1CNCCO1. The van der Waals surface area contributed by atoms with E-state index in [0.717, 1.165) is 25.4 Å². The Balaban J connectivity index is 2.10. The summed E-state index contributed by atoms with van der Waals surface area (Å²) >= 11 is 1.78. The van der Waals surface area contributed by atoms with Gasteiger partial charge in [0.25, 0.3) is 0 Å². The molecule has 3 atom stereocenters. The first-order valence-corrected chi connectivity index (χ1v) is 5.87. The lowest BCUT2D eigenvalue weighted by molar-refractivity contribution is 0.0439. The zero-order valence-corrected chi connectivity index (χ0v) is 9.14. The van der Waals surface area contributed by atoms with Gasteiger partial charge in [-0.25, -0.2) is 0 Å². The van der Waals surface area contributed by atoms with E-state index in [4.69, 9.17) is 4.74 Å². The fourth-order valence-electron chi connectivity index (χ4n) is 1.13. The van der Waals surface area contributed by atoms with Crippen LogP contribution in [-0.4, -0.2) is 48.0 Å². The first-order valence-electron chi connectivity index (χ1n) is 4.82. The zero-order valence-electron chi connectivity index (χ0n) is 8.32. The normalized spacial score (nSPS) is 28.4. The first kappa shape index (κ1) is 11.3. The summed E-state index contributed by atoms with van der Waals surface area (Å²) < 4.78 is 5.54. The van der Waals surface area contributed by atoms with Crippen LogP contribution in [0.2, 0.25) is 0 Å². The van der Waals surface area contributed by atoms with E-state index in [1.54, 1.807) is 11.8 Å².